The zero-order valence-corrected chi connectivity index (χ0v) is 20.9. The minimum Gasteiger partial charge on any atom is -0.463 e. The molecule has 0 aromatic heterocycles. The molecule has 0 bridgehead atoms. The predicted molar refractivity (Wildman–Crippen MR) is 130 cm³/mol. The molecular weight excluding hydrogens is 424 g/mol. The molecule has 0 fully saturated rings. The van der Waals surface area contributed by atoms with Gasteiger partial charge in [0.05, 0.1) is 4.90 Å². The van der Waals surface area contributed by atoms with Crippen molar-refractivity contribution in [3.05, 3.63) is 30.3 Å². The Bertz CT molecular complexity index is 673. The fourth-order valence-electron chi connectivity index (χ4n) is 3.67. The highest BCUT2D eigenvalue weighted by molar-refractivity contribution is 7.86. The maximum absolute atomic E-state index is 11.9. The standard InChI is InChI=1S/C26H44O5S/c1-2-3-4-5-6-7-8-9-10-11-12-13-14-15-19-22-26(27)30-23-24-31-32(28,29)25-20-17-16-18-21-25/h16-18,20-21H,2-15,19,22-24H2,1H3. The summed E-state index contributed by atoms with van der Waals surface area (Å²) in [5.74, 6) is -0.291. The van der Waals surface area contributed by atoms with Gasteiger partial charge in [-0.1, -0.05) is 115 Å². The third-order valence-electron chi connectivity index (χ3n) is 5.60. The SMILES string of the molecule is CCCCCCCCCCCCCCCCCC(=O)OCCOS(=O)(=O)c1ccccc1. The van der Waals surface area contributed by atoms with Crippen LogP contribution in [0.2, 0.25) is 0 Å². The zero-order chi connectivity index (χ0) is 23.3. The number of esters is 1. The summed E-state index contributed by atoms with van der Waals surface area (Å²) >= 11 is 0. The number of carbonyl (C=O) groups is 1. The van der Waals surface area contributed by atoms with Crippen molar-refractivity contribution in [2.45, 2.75) is 115 Å². The molecule has 0 N–H and O–H groups in total. The number of unbranched alkanes of at least 4 members (excludes halogenated alkanes) is 14. The lowest BCUT2D eigenvalue weighted by Crippen LogP contribution is -2.14. The van der Waals surface area contributed by atoms with Gasteiger partial charge in [0.15, 0.2) is 0 Å². The van der Waals surface area contributed by atoms with Crippen LogP contribution in [0.25, 0.3) is 0 Å². The van der Waals surface area contributed by atoms with Crippen LogP contribution in [-0.4, -0.2) is 27.6 Å². The van der Waals surface area contributed by atoms with Crippen LogP contribution in [0.3, 0.4) is 0 Å². The second-order valence-electron chi connectivity index (χ2n) is 8.51. The Morgan fingerprint density at radius 1 is 0.688 bits per heavy atom. The molecule has 5 nitrogen and oxygen atoms in total. The predicted octanol–water partition coefficient (Wildman–Crippen LogP) is 7.20. The van der Waals surface area contributed by atoms with Gasteiger partial charge in [-0.2, -0.15) is 8.42 Å². The van der Waals surface area contributed by atoms with E-state index in [1.807, 2.05) is 0 Å². The first-order valence-corrected chi connectivity index (χ1v) is 14.1. The van der Waals surface area contributed by atoms with E-state index in [2.05, 4.69) is 6.92 Å². The molecule has 6 heteroatoms. The van der Waals surface area contributed by atoms with Gasteiger partial charge in [0.1, 0.15) is 13.2 Å². The topological polar surface area (TPSA) is 69.7 Å². The first-order chi connectivity index (χ1) is 15.6. The number of hydrogen-bond donors (Lipinski definition) is 0. The average molecular weight is 469 g/mol. The summed E-state index contributed by atoms with van der Waals surface area (Å²) in [6, 6.07) is 7.94. The summed E-state index contributed by atoms with van der Waals surface area (Å²) in [5, 5.41) is 0. The molecule has 0 heterocycles. The lowest BCUT2D eigenvalue weighted by molar-refractivity contribution is -0.144. The highest BCUT2D eigenvalue weighted by Crippen LogP contribution is 2.14. The van der Waals surface area contributed by atoms with Crippen LogP contribution in [0.5, 0.6) is 0 Å². The number of ether oxygens (including phenoxy) is 1. The Morgan fingerprint density at radius 2 is 1.16 bits per heavy atom. The van der Waals surface area contributed by atoms with Crippen LogP contribution >= 0.6 is 0 Å². The average Bonchev–Trinajstić information content (AvgIpc) is 2.80. The summed E-state index contributed by atoms with van der Waals surface area (Å²) in [4.78, 5) is 11.8. The Balaban J connectivity index is 1.86. The highest BCUT2D eigenvalue weighted by Gasteiger charge is 2.14. The molecule has 1 aromatic carbocycles. The van der Waals surface area contributed by atoms with Crippen molar-refractivity contribution >= 4 is 16.1 Å². The van der Waals surface area contributed by atoms with E-state index in [1.165, 1.54) is 89.2 Å². The lowest BCUT2D eigenvalue weighted by atomic mass is 10.0. The molecular formula is C26H44O5S. The zero-order valence-electron chi connectivity index (χ0n) is 20.1. The van der Waals surface area contributed by atoms with Gasteiger partial charge in [0.25, 0.3) is 10.1 Å². The minimum atomic E-state index is -3.79. The van der Waals surface area contributed by atoms with E-state index < -0.39 is 10.1 Å². The molecule has 0 amide bonds. The molecule has 0 radical (unpaired) electrons. The highest BCUT2D eigenvalue weighted by atomic mass is 32.2. The van der Waals surface area contributed by atoms with Gasteiger partial charge in [-0.05, 0) is 18.6 Å². The maximum Gasteiger partial charge on any atom is 0.305 e. The second kappa shape index (κ2) is 19.1. The van der Waals surface area contributed by atoms with Crippen molar-refractivity contribution in [3.63, 3.8) is 0 Å². The summed E-state index contributed by atoms with van der Waals surface area (Å²) in [6.07, 6.45) is 19.7. The van der Waals surface area contributed by atoms with Crippen LogP contribution in [0, 0.1) is 0 Å². The lowest BCUT2D eigenvalue weighted by Gasteiger charge is -2.07. The fourth-order valence-corrected chi connectivity index (χ4v) is 4.58. The van der Waals surface area contributed by atoms with Gasteiger partial charge in [-0.25, -0.2) is 0 Å². The van der Waals surface area contributed by atoms with E-state index >= 15 is 0 Å². The Labute approximate surface area is 196 Å². The normalized spacial score (nSPS) is 11.5. The molecule has 0 saturated heterocycles. The Morgan fingerprint density at radius 3 is 1.66 bits per heavy atom. The van der Waals surface area contributed by atoms with Crippen LogP contribution in [-0.2, 0) is 23.8 Å². The molecule has 1 aromatic rings. The van der Waals surface area contributed by atoms with E-state index in [9.17, 15) is 13.2 Å². The van der Waals surface area contributed by atoms with E-state index in [4.69, 9.17) is 8.92 Å². The fraction of sp³-hybridized carbons (Fsp3) is 0.731. The Hall–Kier alpha value is -1.40. The molecule has 0 saturated carbocycles. The third-order valence-corrected chi connectivity index (χ3v) is 6.93. The smallest absolute Gasteiger partial charge is 0.305 e. The molecule has 0 spiro atoms. The Kier molecular flexibility index (Phi) is 17.1. The van der Waals surface area contributed by atoms with Gasteiger partial charge < -0.3 is 4.74 Å². The summed E-state index contributed by atoms with van der Waals surface area (Å²) in [6.45, 7) is 2.04. The number of rotatable bonds is 21. The molecule has 1 rings (SSSR count). The first-order valence-electron chi connectivity index (χ1n) is 12.7. The molecule has 0 aliphatic rings. The van der Waals surface area contributed by atoms with Crippen LogP contribution in [0.1, 0.15) is 110 Å². The first kappa shape index (κ1) is 28.6. The van der Waals surface area contributed by atoms with Crippen LogP contribution in [0.4, 0.5) is 0 Å². The molecule has 0 unspecified atom stereocenters. The van der Waals surface area contributed by atoms with E-state index in [-0.39, 0.29) is 24.1 Å². The summed E-state index contributed by atoms with van der Waals surface area (Å²) in [7, 11) is -3.79. The quantitative estimate of drug-likeness (QED) is 0.108. The van der Waals surface area contributed by atoms with Crippen molar-refractivity contribution in [2.75, 3.05) is 13.2 Å². The number of carbonyl (C=O) groups excluding carboxylic acids is 1. The van der Waals surface area contributed by atoms with Gasteiger partial charge in [-0.3, -0.25) is 8.98 Å². The van der Waals surface area contributed by atoms with Gasteiger partial charge in [0, 0.05) is 6.42 Å². The van der Waals surface area contributed by atoms with Gasteiger partial charge in [0.2, 0.25) is 0 Å². The van der Waals surface area contributed by atoms with Crippen molar-refractivity contribution in [3.8, 4) is 0 Å². The number of benzene rings is 1. The third kappa shape index (κ3) is 15.4. The number of hydrogen-bond acceptors (Lipinski definition) is 5. The van der Waals surface area contributed by atoms with Crippen molar-refractivity contribution in [1.82, 2.24) is 0 Å². The van der Waals surface area contributed by atoms with E-state index in [0.717, 1.165) is 19.3 Å². The molecule has 0 atom stereocenters. The molecule has 0 aliphatic carbocycles. The van der Waals surface area contributed by atoms with Gasteiger partial charge in [-0.15, -0.1) is 0 Å². The van der Waals surface area contributed by atoms with Gasteiger partial charge >= 0.3 is 5.97 Å². The van der Waals surface area contributed by atoms with E-state index in [1.54, 1.807) is 18.2 Å². The summed E-state index contributed by atoms with van der Waals surface area (Å²) in [5.41, 5.74) is 0. The van der Waals surface area contributed by atoms with Crippen molar-refractivity contribution in [1.29, 1.82) is 0 Å². The van der Waals surface area contributed by atoms with Crippen molar-refractivity contribution in [2.24, 2.45) is 0 Å². The minimum absolute atomic E-state index is 0.0519. The summed E-state index contributed by atoms with van der Waals surface area (Å²) < 4.78 is 33.8. The maximum atomic E-state index is 11.9. The van der Waals surface area contributed by atoms with E-state index in [0.29, 0.717) is 6.42 Å². The van der Waals surface area contributed by atoms with Crippen LogP contribution < -0.4 is 0 Å². The van der Waals surface area contributed by atoms with Crippen LogP contribution in [0.15, 0.2) is 35.2 Å². The largest absolute Gasteiger partial charge is 0.463 e. The molecule has 0 aliphatic heterocycles. The van der Waals surface area contributed by atoms with Crippen molar-refractivity contribution < 1.29 is 22.1 Å². The molecule has 32 heavy (non-hydrogen) atoms. The monoisotopic (exact) mass is 468 g/mol. The second-order valence-corrected chi connectivity index (χ2v) is 10.1. The molecule has 184 valence electrons.